The molecule has 0 radical (unpaired) electrons. The van der Waals surface area contributed by atoms with Crippen LogP contribution in [0.25, 0.3) is 0 Å². The molecular formula is C30H32F4N4O3S. The van der Waals surface area contributed by atoms with Crippen molar-refractivity contribution in [3.8, 4) is 0 Å². The molecule has 4 saturated carbocycles. The third kappa shape index (κ3) is 4.11. The van der Waals surface area contributed by atoms with Gasteiger partial charge in [0, 0.05) is 36.0 Å². The Morgan fingerprint density at radius 1 is 1.02 bits per heavy atom. The standard InChI is InChI=1S/C30H32F4N4O3S/c1-26(25(39)37-18-27(19-37)11-2-12-27)17-35-24(36-26)28-14-29(15-28,16-28)38(42(40,41)23-9-7-22(31)8-10-23)13-20-3-5-21(6-4-20)30(32,33)34/h3-10H,2,11-19H2,1H3,(H,35,36)/t26-,28?,29?/m1/s1. The lowest BCUT2D eigenvalue weighted by Gasteiger charge is -2.73. The van der Waals surface area contributed by atoms with Crippen LogP contribution >= 0.6 is 0 Å². The fourth-order valence-electron chi connectivity index (χ4n) is 7.70. The molecule has 2 aliphatic heterocycles. The number of nitrogens with zero attached hydrogens (tertiary/aromatic N) is 3. The molecule has 1 N–H and O–H groups in total. The molecule has 1 spiro atoms. The Labute approximate surface area is 242 Å². The fourth-order valence-corrected chi connectivity index (χ4v) is 9.46. The number of hydrogen-bond donors (Lipinski definition) is 1. The van der Waals surface area contributed by atoms with Gasteiger partial charge in [-0.25, -0.2) is 12.8 Å². The molecule has 1 amide bonds. The van der Waals surface area contributed by atoms with Gasteiger partial charge in [0.15, 0.2) is 0 Å². The van der Waals surface area contributed by atoms with Crippen LogP contribution in [0.5, 0.6) is 0 Å². The van der Waals surface area contributed by atoms with Crippen LogP contribution in [-0.2, 0) is 27.5 Å². The van der Waals surface area contributed by atoms with E-state index < -0.39 is 38.7 Å². The number of hydrogen-bond acceptors (Lipinski definition) is 5. The van der Waals surface area contributed by atoms with Gasteiger partial charge in [0.05, 0.1) is 17.0 Å². The largest absolute Gasteiger partial charge is 0.416 e. The molecular weight excluding hydrogens is 572 g/mol. The minimum Gasteiger partial charge on any atom is -0.358 e. The second-order valence-corrected chi connectivity index (χ2v) is 15.2. The van der Waals surface area contributed by atoms with Crippen molar-refractivity contribution >= 4 is 21.8 Å². The molecule has 2 aromatic carbocycles. The molecule has 2 aromatic rings. The van der Waals surface area contributed by atoms with Gasteiger partial charge in [0.25, 0.3) is 0 Å². The third-order valence-corrected chi connectivity index (χ3v) is 12.2. The van der Waals surface area contributed by atoms with Crippen molar-refractivity contribution < 1.29 is 30.8 Å². The lowest BCUT2D eigenvalue weighted by molar-refractivity contribution is -0.157. The molecule has 4 aliphatic carbocycles. The van der Waals surface area contributed by atoms with Crippen molar-refractivity contribution in [3.63, 3.8) is 0 Å². The van der Waals surface area contributed by atoms with Crippen LogP contribution in [0.3, 0.4) is 0 Å². The lowest BCUT2D eigenvalue weighted by atomic mass is 9.38. The Hall–Kier alpha value is -2.99. The number of likely N-dealkylation sites (tertiary alicyclic amines) is 1. The van der Waals surface area contributed by atoms with Crippen molar-refractivity contribution in [1.29, 1.82) is 0 Å². The molecule has 2 heterocycles. The smallest absolute Gasteiger partial charge is 0.358 e. The van der Waals surface area contributed by atoms with Crippen molar-refractivity contribution in [2.45, 2.75) is 74.1 Å². The Kier molecular flexibility index (Phi) is 5.81. The SMILES string of the molecule is C[C@]1(C(=O)N2CC3(CCC3)C2)CN=C(C23CC(N(Cc4ccc(C(F)(F)F)cc4)S(=O)(=O)c4ccc(F)cc4)(C2)C3)N1. The predicted molar refractivity (Wildman–Crippen MR) is 146 cm³/mol. The average molecular weight is 605 g/mol. The highest BCUT2D eigenvalue weighted by Crippen LogP contribution is 2.71. The van der Waals surface area contributed by atoms with E-state index in [2.05, 4.69) is 5.32 Å². The average Bonchev–Trinajstić information content (AvgIpc) is 3.23. The van der Waals surface area contributed by atoms with E-state index in [0.717, 1.165) is 43.2 Å². The molecule has 12 heteroatoms. The summed E-state index contributed by atoms with van der Waals surface area (Å²) >= 11 is 0. The summed E-state index contributed by atoms with van der Waals surface area (Å²) in [5.41, 5.74) is -2.03. The summed E-state index contributed by atoms with van der Waals surface area (Å²) in [6.45, 7) is 3.66. The summed E-state index contributed by atoms with van der Waals surface area (Å²) in [4.78, 5) is 19.9. The maximum Gasteiger partial charge on any atom is 0.416 e. The van der Waals surface area contributed by atoms with Gasteiger partial charge in [-0.1, -0.05) is 18.6 Å². The summed E-state index contributed by atoms with van der Waals surface area (Å²) in [6, 6.07) is 9.03. The van der Waals surface area contributed by atoms with E-state index in [0.29, 0.717) is 36.8 Å². The van der Waals surface area contributed by atoms with Gasteiger partial charge in [0.1, 0.15) is 17.2 Å². The lowest BCUT2D eigenvalue weighted by Crippen LogP contribution is -2.79. The van der Waals surface area contributed by atoms with E-state index >= 15 is 0 Å². The number of amidine groups is 1. The maximum absolute atomic E-state index is 13.9. The first kappa shape index (κ1) is 27.8. The molecule has 1 saturated heterocycles. The molecule has 224 valence electrons. The number of rotatable bonds is 7. The zero-order valence-electron chi connectivity index (χ0n) is 23.2. The zero-order valence-corrected chi connectivity index (χ0v) is 24.0. The van der Waals surface area contributed by atoms with Gasteiger partial charge < -0.3 is 10.2 Å². The van der Waals surface area contributed by atoms with Gasteiger partial charge in [-0.15, -0.1) is 0 Å². The normalized spacial score (nSPS) is 31.0. The summed E-state index contributed by atoms with van der Waals surface area (Å²) < 4.78 is 82.1. The number of halogens is 4. The Bertz CT molecular complexity index is 1560. The summed E-state index contributed by atoms with van der Waals surface area (Å²) in [6.07, 6.45) is 0.507. The highest BCUT2D eigenvalue weighted by Gasteiger charge is 2.75. The van der Waals surface area contributed by atoms with E-state index in [9.17, 15) is 30.8 Å². The Balaban J connectivity index is 1.09. The minimum absolute atomic E-state index is 0.0444. The Morgan fingerprint density at radius 2 is 1.64 bits per heavy atom. The van der Waals surface area contributed by atoms with Crippen LogP contribution in [0.2, 0.25) is 0 Å². The third-order valence-electron chi connectivity index (χ3n) is 10.2. The molecule has 42 heavy (non-hydrogen) atoms. The molecule has 6 aliphatic rings. The number of carbonyl (C=O) groups excluding carboxylic acids is 1. The molecule has 1 atom stereocenters. The molecule has 7 nitrogen and oxygen atoms in total. The maximum atomic E-state index is 13.9. The van der Waals surface area contributed by atoms with E-state index in [-0.39, 0.29) is 22.8 Å². The number of nitrogens with one attached hydrogen (secondary N) is 1. The molecule has 0 unspecified atom stereocenters. The van der Waals surface area contributed by atoms with E-state index in [1.165, 1.54) is 47.8 Å². The number of sulfonamides is 1. The molecule has 8 rings (SSSR count). The first-order chi connectivity index (χ1) is 19.7. The Morgan fingerprint density at radius 3 is 2.19 bits per heavy atom. The van der Waals surface area contributed by atoms with Crippen molar-refractivity contribution in [3.05, 3.63) is 65.5 Å². The van der Waals surface area contributed by atoms with Crippen LogP contribution < -0.4 is 5.32 Å². The summed E-state index contributed by atoms with van der Waals surface area (Å²) in [5, 5.41) is 3.41. The quantitative estimate of drug-likeness (QED) is 0.464. The van der Waals surface area contributed by atoms with Crippen LogP contribution in [0, 0.1) is 16.6 Å². The zero-order chi connectivity index (χ0) is 29.8. The van der Waals surface area contributed by atoms with E-state index in [4.69, 9.17) is 4.99 Å². The van der Waals surface area contributed by atoms with Crippen LogP contribution in [-0.4, -0.2) is 60.1 Å². The van der Waals surface area contributed by atoms with Gasteiger partial charge in [-0.3, -0.25) is 9.79 Å². The van der Waals surface area contributed by atoms with Crippen LogP contribution in [0.1, 0.15) is 56.6 Å². The van der Waals surface area contributed by atoms with Gasteiger partial charge in [-0.2, -0.15) is 17.5 Å². The topological polar surface area (TPSA) is 82.1 Å². The predicted octanol–water partition coefficient (Wildman–Crippen LogP) is 4.73. The van der Waals surface area contributed by atoms with Crippen molar-refractivity contribution in [2.24, 2.45) is 15.8 Å². The van der Waals surface area contributed by atoms with Crippen LogP contribution in [0.15, 0.2) is 58.4 Å². The number of benzene rings is 2. The first-order valence-corrected chi connectivity index (χ1v) is 15.7. The van der Waals surface area contributed by atoms with Gasteiger partial charge in [-0.05, 0) is 81.0 Å². The number of alkyl halides is 3. The first-order valence-electron chi connectivity index (χ1n) is 14.3. The van der Waals surface area contributed by atoms with Crippen LogP contribution in [0.4, 0.5) is 17.6 Å². The van der Waals surface area contributed by atoms with Crippen molar-refractivity contribution in [1.82, 2.24) is 14.5 Å². The summed E-state index contributed by atoms with van der Waals surface area (Å²) in [5.74, 6) is 0.201. The minimum atomic E-state index is -4.50. The summed E-state index contributed by atoms with van der Waals surface area (Å²) in [7, 11) is -4.11. The molecule has 2 bridgehead atoms. The number of amides is 1. The van der Waals surface area contributed by atoms with E-state index in [1.54, 1.807) is 0 Å². The molecule has 0 aromatic heterocycles. The second kappa shape index (κ2) is 8.78. The fraction of sp³-hybridized carbons (Fsp3) is 0.533. The number of carbonyl (C=O) groups is 1. The van der Waals surface area contributed by atoms with E-state index in [1.807, 2.05) is 11.8 Å². The molecule has 5 fully saturated rings. The van der Waals surface area contributed by atoms with Crippen molar-refractivity contribution in [2.75, 3.05) is 19.6 Å². The van der Waals surface area contributed by atoms with Gasteiger partial charge >= 0.3 is 6.18 Å². The van der Waals surface area contributed by atoms with Gasteiger partial charge in [0.2, 0.25) is 15.9 Å². The number of aliphatic imine (C=N–C) groups is 1. The highest BCUT2D eigenvalue weighted by molar-refractivity contribution is 7.89. The second-order valence-electron chi connectivity index (χ2n) is 13.3. The highest BCUT2D eigenvalue weighted by atomic mass is 32.2. The monoisotopic (exact) mass is 604 g/mol.